The molecular formula is C34H66O4. The number of esters is 2. The predicted molar refractivity (Wildman–Crippen MR) is 163 cm³/mol. The topological polar surface area (TPSA) is 52.6 Å². The molecule has 0 saturated heterocycles. The fourth-order valence-corrected chi connectivity index (χ4v) is 5.16. The summed E-state index contributed by atoms with van der Waals surface area (Å²) in [6, 6.07) is 0. The molecule has 0 fully saturated rings. The molecule has 0 saturated carbocycles. The van der Waals surface area contributed by atoms with Gasteiger partial charge in [0.25, 0.3) is 0 Å². The largest absolute Gasteiger partial charge is 0.463 e. The second kappa shape index (κ2) is 30.5. The van der Waals surface area contributed by atoms with Gasteiger partial charge in [-0.3, -0.25) is 4.79 Å². The summed E-state index contributed by atoms with van der Waals surface area (Å²) in [7, 11) is 0. The van der Waals surface area contributed by atoms with E-state index in [1.54, 1.807) is 0 Å². The molecule has 0 heterocycles. The highest BCUT2D eigenvalue weighted by atomic mass is 16.6. The minimum atomic E-state index is -0.734. The van der Waals surface area contributed by atoms with Crippen molar-refractivity contribution in [3.8, 4) is 0 Å². The first-order valence-corrected chi connectivity index (χ1v) is 17.0. The van der Waals surface area contributed by atoms with Crippen molar-refractivity contribution in [1.82, 2.24) is 0 Å². The third-order valence-corrected chi connectivity index (χ3v) is 7.63. The van der Waals surface area contributed by atoms with E-state index in [2.05, 4.69) is 13.8 Å². The van der Waals surface area contributed by atoms with Crippen LogP contribution in [-0.4, -0.2) is 24.6 Å². The molecule has 0 aliphatic rings. The van der Waals surface area contributed by atoms with Crippen LogP contribution in [-0.2, 0) is 19.1 Å². The Labute approximate surface area is 237 Å². The number of hydrogen-bond donors (Lipinski definition) is 0. The summed E-state index contributed by atoms with van der Waals surface area (Å²) in [4.78, 5) is 23.9. The zero-order valence-corrected chi connectivity index (χ0v) is 26.0. The SMILES string of the molecule is CCCCCCCCCCCCCCCCOC(=O)C(CCCCCCCCCCCCCC)OC(C)=O. The Morgan fingerprint density at radius 2 is 0.789 bits per heavy atom. The van der Waals surface area contributed by atoms with Gasteiger partial charge in [0.15, 0.2) is 6.10 Å². The van der Waals surface area contributed by atoms with E-state index >= 15 is 0 Å². The number of carbonyl (C=O) groups excluding carboxylic acids is 2. The molecule has 0 N–H and O–H groups in total. The molecule has 0 amide bonds. The Bertz CT molecular complexity index is 505. The molecular weight excluding hydrogens is 472 g/mol. The number of carbonyl (C=O) groups is 2. The lowest BCUT2D eigenvalue weighted by molar-refractivity contribution is -0.167. The summed E-state index contributed by atoms with van der Waals surface area (Å²) in [6.07, 6.45) is 33.5. The number of hydrogen-bond acceptors (Lipinski definition) is 4. The maximum absolute atomic E-state index is 12.4. The minimum Gasteiger partial charge on any atom is -0.463 e. The first-order chi connectivity index (χ1) is 18.6. The maximum Gasteiger partial charge on any atom is 0.347 e. The number of rotatable bonds is 30. The molecule has 1 atom stereocenters. The predicted octanol–water partition coefficient (Wildman–Crippen LogP) is 11.0. The molecule has 0 aliphatic heterocycles. The van der Waals surface area contributed by atoms with Gasteiger partial charge in [-0.25, -0.2) is 4.79 Å². The van der Waals surface area contributed by atoms with Crippen molar-refractivity contribution in [3.05, 3.63) is 0 Å². The molecule has 0 aromatic carbocycles. The number of unbranched alkanes of at least 4 members (excludes halogenated alkanes) is 24. The van der Waals surface area contributed by atoms with Crippen LogP contribution in [0.25, 0.3) is 0 Å². The van der Waals surface area contributed by atoms with Crippen molar-refractivity contribution in [2.75, 3.05) is 6.61 Å². The van der Waals surface area contributed by atoms with Crippen LogP contribution < -0.4 is 0 Å². The van der Waals surface area contributed by atoms with Gasteiger partial charge < -0.3 is 9.47 Å². The van der Waals surface area contributed by atoms with Crippen LogP contribution in [0.15, 0.2) is 0 Å². The third kappa shape index (κ3) is 28.0. The summed E-state index contributed by atoms with van der Waals surface area (Å²) < 4.78 is 10.7. The van der Waals surface area contributed by atoms with Gasteiger partial charge in [0.05, 0.1) is 6.61 Å². The van der Waals surface area contributed by atoms with Crippen molar-refractivity contribution in [3.63, 3.8) is 0 Å². The number of ether oxygens (including phenoxy) is 2. The summed E-state index contributed by atoms with van der Waals surface area (Å²) >= 11 is 0. The Morgan fingerprint density at radius 3 is 1.13 bits per heavy atom. The molecule has 0 spiro atoms. The van der Waals surface area contributed by atoms with E-state index in [0.717, 1.165) is 25.7 Å². The van der Waals surface area contributed by atoms with Crippen LogP contribution in [0.1, 0.15) is 194 Å². The maximum atomic E-state index is 12.4. The van der Waals surface area contributed by atoms with Crippen LogP contribution in [0.2, 0.25) is 0 Å². The van der Waals surface area contributed by atoms with E-state index < -0.39 is 12.1 Å². The molecule has 0 bridgehead atoms. The van der Waals surface area contributed by atoms with Gasteiger partial charge in [0.2, 0.25) is 0 Å². The fraction of sp³-hybridized carbons (Fsp3) is 0.941. The fourth-order valence-electron chi connectivity index (χ4n) is 5.16. The van der Waals surface area contributed by atoms with E-state index in [1.165, 1.54) is 148 Å². The molecule has 0 aliphatic carbocycles. The lowest BCUT2D eigenvalue weighted by Crippen LogP contribution is -2.28. The second-order valence-corrected chi connectivity index (χ2v) is 11.5. The van der Waals surface area contributed by atoms with Gasteiger partial charge in [-0.15, -0.1) is 0 Å². The first-order valence-electron chi connectivity index (χ1n) is 17.0. The van der Waals surface area contributed by atoms with Crippen molar-refractivity contribution in [2.24, 2.45) is 0 Å². The molecule has 4 nitrogen and oxygen atoms in total. The standard InChI is InChI=1S/C34H66O4/c1-4-6-8-10-12-14-16-18-19-21-23-25-27-29-31-37-34(36)33(38-32(3)35)30-28-26-24-22-20-17-15-13-11-9-7-5-2/h33H,4-31H2,1-3H3. The van der Waals surface area contributed by atoms with Gasteiger partial charge in [-0.1, -0.05) is 168 Å². The van der Waals surface area contributed by atoms with Gasteiger partial charge in [-0.05, 0) is 19.3 Å². The van der Waals surface area contributed by atoms with E-state index in [4.69, 9.17) is 9.47 Å². The smallest absolute Gasteiger partial charge is 0.347 e. The monoisotopic (exact) mass is 538 g/mol. The molecule has 0 radical (unpaired) electrons. The average molecular weight is 539 g/mol. The second-order valence-electron chi connectivity index (χ2n) is 11.5. The normalized spacial score (nSPS) is 12.0. The summed E-state index contributed by atoms with van der Waals surface area (Å²) in [5.41, 5.74) is 0. The summed E-state index contributed by atoms with van der Waals surface area (Å²) in [5, 5.41) is 0. The van der Waals surface area contributed by atoms with Crippen molar-refractivity contribution < 1.29 is 19.1 Å². The first kappa shape index (κ1) is 36.9. The Balaban J connectivity index is 3.64. The highest BCUT2D eigenvalue weighted by molar-refractivity contribution is 5.78. The van der Waals surface area contributed by atoms with E-state index in [-0.39, 0.29) is 5.97 Å². The van der Waals surface area contributed by atoms with E-state index in [0.29, 0.717) is 13.0 Å². The van der Waals surface area contributed by atoms with Crippen LogP contribution in [0.4, 0.5) is 0 Å². The van der Waals surface area contributed by atoms with E-state index in [1.807, 2.05) is 0 Å². The molecule has 226 valence electrons. The Morgan fingerprint density at radius 1 is 0.474 bits per heavy atom. The van der Waals surface area contributed by atoms with Crippen molar-refractivity contribution in [1.29, 1.82) is 0 Å². The molecule has 1 unspecified atom stereocenters. The van der Waals surface area contributed by atoms with E-state index in [9.17, 15) is 9.59 Å². The molecule has 4 heteroatoms. The van der Waals surface area contributed by atoms with Crippen LogP contribution >= 0.6 is 0 Å². The Kier molecular flexibility index (Phi) is 29.6. The zero-order valence-electron chi connectivity index (χ0n) is 26.0. The van der Waals surface area contributed by atoms with Gasteiger partial charge in [-0.2, -0.15) is 0 Å². The Hall–Kier alpha value is -1.06. The highest BCUT2D eigenvalue weighted by Gasteiger charge is 2.22. The molecule has 38 heavy (non-hydrogen) atoms. The summed E-state index contributed by atoms with van der Waals surface area (Å²) in [6.45, 7) is 6.34. The lowest BCUT2D eigenvalue weighted by atomic mass is 10.0. The van der Waals surface area contributed by atoms with Gasteiger partial charge in [0.1, 0.15) is 0 Å². The summed E-state index contributed by atoms with van der Waals surface area (Å²) in [5.74, 6) is -0.764. The highest BCUT2D eigenvalue weighted by Crippen LogP contribution is 2.16. The van der Waals surface area contributed by atoms with Gasteiger partial charge in [0, 0.05) is 6.92 Å². The third-order valence-electron chi connectivity index (χ3n) is 7.63. The van der Waals surface area contributed by atoms with Crippen LogP contribution in [0, 0.1) is 0 Å². The van der Waals surface area contributed by atoms with Crippen molar-refractivity contribution >= 4 is 11.9 Å². The molecule has 0 rings (SSSR count). The van der Waals surface area contributed by atoms with Crippen molar-refractivity contribution in [2.45, 2.75) is 200 Å². The quantitative estimate of drug-likeness (QED) is 0.0674. The molecule has 0 aromatic heterocycles. The molecule has 0 aromatic rings. The van der Waals surface area contributed by atoms with Gasteiger partial charge >= 0.3 is 11.9 Å². The minimum absolute atomic E-state index is 0.363. The van der Waals surface area contributed by atoms with Crippen LogP contribution in [0.5, 0.6) is 0 Å². The zero-order chi connectivity index (χ0) is 27.9. The average Bonchev–Trinajstić information content (AvgIpc) is 2.90. The van der Waals surface area contributed by atoms with Crippen LogP contribution in [0.3, 0.4) is 0 Å². The lowest BCUT2D eigenvalue weighted by Gasteiger charge is -2.16.